The molecule has 2 aromatic heterocycles. The van der Waals surface area contributed by atoms with Crippen molar-refractivity contribution in [2.24, 2.45) is 0 Å². The Morgan fingerprint density at radius 3 is 2.59 bits per heavy atom. The molecule has 2 rings (SSSR count). The second-order valence-electron chi connectivity index (χ2n) is 3.51. The maximum absolute atomic E-state index is 6.08. The number of ether oxygens (including phenoxy) is 1. The molecular weight excluding hydrogens is 242 g/mol. The number of anilines is 1. The molecule has 0 saturated carbocycles. The van der Waals surface area contributed by atoms with Crippen LogP contribution in [-0.2, 0) is 0 Å². The zero-order valence-corrected chi connectivity index (χ0v) is 10.5. The van der Waals surface area contributed by atoms with E-state index in [0.29, 0.717) is 16.6 Å². The van der Waals surface area contributed by atoms with Crippen molar-refractivity contribution < 1.29 is 4.74 Å². The van der Waals surface area contributed by atoms with Gasteiger partial charge in [-0.1, -0.05) is 11.6 Å². The second kappa shape index (κ2) is 4.21. The summed E-state index contributed by atoms with van der Waals surface area (Å²) in [4.78, 5) is 7.98. The Balaban J connectivity index is 2.68. The predicted molar refractivity (Wildman–Crippen MR) is 64.6 cm³/mol. The minimum absolute atomic E-state index is 0.265. The zero-order chi connectivity index (χ0) is 12.6. The third-order valence-corrected chi connectivity index (χ3v) is 2.97. The molecule has 0 saturated heterocycles. The highest BCUT2D eigenvalue weighted by Crippen LogP contribution is 2.28. The lowest BCUT2D eigenvalue weighted by Gasteiger charge is -2.09. The highest BCUT2D eigenvalue weighted by atomic mass is 35.5. The highest BCUT2D eigenvalue weighted by molar-refractivity contribution is 6.31. The Morgan fingerprint density at radius 1 is 1.35 bits per heavy atom. The predicted octanol–water partition coefficient (Wildman–Crippen LogP) is 1.52. The first-order valence-corrected chi connectivity index (χ1v) is 5.30. The molecule has 0 radical (unpaired) electrons. The van der Waals surface area contributed by atoms with Gasteiger partial charge in [0, 0.05) is 0 Å². The van der Waals surface area contributed by atoms with Crippen molar-refractivity contribution in [3.63, 3.8) is 0 Å². The SMILES string of the molecule is COc1c(N)ncnc1-n1nc(C)c(Cl)c1C. The molecule has 0 bridgehead atoms. The van der Waals surface area contributed by atoms with Crippen LogP contribution < -0.4 is 10.5 Å². The first-order valence-electron chi connectivity index (χ1n) is 4.92. The third kappa shape index (κ3) is 1.80. The van der Waals surface area contributed by atoms with E-state index in [0.717, 1.165) is 11.4 Å². The van der Waals surface area contributed by atoms with E-state index in [4.69, 9.17) is 22.1 Å². The van der Waals surface area contributed by atoms with Gasteiger partial charge in [-0.2, -0.15) is 5.10 Å². The van der Waals surface area contributed by atoms with Crippen LogP contribution in [0, 0.1) is 13.8 Å². The van der Waals surface area contributed by atoms with Crippen LogP contribution in [0.1, 0.15) is 11.4 Å². The van der Waals surface area contributed by atoms with E-state index in [-0.39, 0.29) is 5.82 Å². The summed E-state index contributed by atoms with van der Waals surface area (Å²) in [6.07, 6.45) is 1.36. The van der Waals surface area contributed by atoms with Crippen LogP contribution in [0.3, 0.4) is 0 Å². The first-order chi connectivity index (χ1) is 8.06. The number of hydrogen-bond acceptors (Lipinski definition) is 5. The van der Waals surface area contributed by atoms with Gasteiger partial charge in [-0.15, -0.1) is 0 Å². The van der Waals surface area contributed by atoms with Gasteiger partial charge < -0.3 is 10.5 Å². The maximum atomic E-state index is 6.08. The Labute approximate surface area is 103 Å². The van der Waals surface area contributed by atoms with E-state index in [1.54, 1.807) is 4.68 Å². The van der Waals surface area contributed by atoms with Gasteiger partial charge >= 0.3 is 0 Å². The standard InChI is InChI=1S/C10H12ClN5O/c1-5-7(11)6(2)16(15-5)10-8(17-3)9(12)13-4-14-10/h4H,1-3H3,(H2,12,13,14). The highest BCUT2D eigenvalue weighted by Gasteiger charge is 2.17. The summed E-state index contributed by atoms with van der Waals surface area (Å²) in [5.74, 6) is 1.13. The van der Waals surface area contributed by atoms with Crippen LogP contribution in [0.4, 0.5) is 5.82 Å². The molecule has 90 valence electrons. The summed E-state index contributed by atoms with van der Waals surface area (Å²) in [7, 11) is 1.51. The first kappa shape index (κ1) is 11.7. The van der Waals surface area contributed by atoms with Crippen LogP contribution in [0.2, 0.25) is 5.02 Å². The third-order valence-electron chi connectivity index (χ3n) is 2.42. The van der Waals surface area contributed by atoms with Crippen molar-refractivity contribution in [2.45, 2.75) is 13.8 Å². The monoisotopic (exact) mass is 253 g/mol. The zero-order valence-electron chi connectivity index (χ0n) is 9.73. The lowest BCUT2D eigenvalue weighted by Crippen LogP contribution is -2.07. The number of rotatable bonds is 2. The molecule has 2 N–H and O–H groups in total. The van der Waals surface area contributed by atoms with Crippen molar-refractivity contribution in [1.82, 2.24) is 19.7 Å². The summed E-state index contributed by atoms with van der Waals surface area (Å²) in [6.45, 7) is 3.67. The molecule has 0 amide bonds. The van der Waals surface area contributed by atoms with Gasteiger partial charge in [0.05, 0.1) is 23.5 Å². The molecule has 2 heterocycles. The summed E-state index contributed by atoms with van der Waals surface area (Å²) in [6, 6.07) is 0. The average molecular weight is 254 g/mol. The number of hydrogen-bond donors (Lipinski definition) is 1. The molecule has 17 heavy (non-hydrogen) atoms. The number of halogens is 1. The Morgan fingerprint density at radius 2 is 2.06 bits per heavy atom. The fourth-order valence-corrected chi connectivity index (χ4v) is 1.67. The Bertz CT molecular complexity index is 566. The Hall–Kier alpha value is -1.82. The van der Waals surface area contributed by atoms with Crippen molar-refractivity contribution >= 4 is 17.4 Å². The second-order valence-corrected chi connectivity index (χ2v) is 3.89. The number of nitrogens with zero attached hydrogens (tertiary/aromatic N) is 4. The molecular formula is C10H12ClN5O. The summed E-state index contributed by atoms with van der Waals surface area (Å²) < 4.78 is 6.77. The van der Waals surface area contributed by atoms with Crippen molar-refractivity contribution in [3.05, 3.63) is 22.7 Å². The average Bonchev–Trinajstić information content (AvgIpc) is 2.56. The lowest BCUT2D eigenvalue weighted by molar-refractivity contribution is 0.409. The topological polar surface area (TPSA) is 78.9 Å². The van der Waals surface area contributed by atoms with E-state index in [2.05, 4.69) is 15.1 Å². The van der Waals surface area contributed by atoms with Crippen LogP contribution in [0.25, 0.3) is 5.82 Å². The summed E-state index contributed by atoms with van der Waals surface area (Å²) in [5, 5.41) is 4.89. The molecule has 0 unspecified atom stereocenters. The van der Waals surface area contributed by atoms with E-state index >= 15 is 0 Å². The quantitative estimate of drug-likeness (QED) is 0.878. The molecule has 6 nitrogen and oxygen atoms in total. The fourth-order valence-electron chi connectivity index (χ4n) is 1.55. The molecule has 0 aliphatic rings. The number of nitrogens with two attached hydrogens (primary N) is 1. The van der Waals surface area contributed by atoms with E-state index in [1.165, 1.54) is 13.4 Å². The van der Waals surface area contributed by atoms with Gasteiger partial charge in [-0.3, -0.25) is 0 Å². The summed E-state index contributed by atoms with van der Waals surface area (Å²) in [5.41, 5.74) is 7.22. The van der Waals surface area contributed by atoms with E-state index in [9.17, 15) is 0 Å². The van der Waals surface area contributed by atoms with Crippen molar-refractivity contribution in [2.75, 3.05) is 12.8 Å². The summed E-state index contributed by atoms with van der Waals surface area (Å²) >= 11 is 6.08. The van der Waals surface area contributed by atoms with Gasteiger partial charge in [-0.25, -0.2) is 14.6 Å². The number of aromatic nitrogens is 4. The normalized spacial score (nSPS) is 10.6. The largest absolute Gasteiger partial charge is 0.490 e. The molecule has 0 spiro atoms. The van der Waals surface area contributed by atoms with Gasteiger partial charge in [0.1, 0.15) is 6.33 Å². The van der Waals surface area contributed by atoms with Gasteiger partial charge in [0.25, 0.3) is 0 Å². The lowest BCUT2D eigenvalue weighted by atomic mass is 10.4. The van der Waals surface area contributed by atoms with Crippen molar-refractivity contribution in [1.29, 1.82) is 0 Å². The van der Waals surface area contributed by atoms with Crippen LogP contribution in [0.15, 0.2) is 6.33 Å². The minimum Gasteiger partial charge on any atom is -0.490 e. The fraction of sp³-hybridized carbons (Fsp3) is 0.300. The van der Waals surface area contributed by atoms with Crippen LogP contribution >= 0.6 is 11.6 Å². The smallest absolute Gasteiger partial charge is 0.206 e. The van der Waals surface area contributed by atoms with Gasteiger partial charge in [0.2, 0.25) is 11.6 Å². The molecule has 0 atom stereocenters. The van der Waals surface area contributed by atoms with Crippen LogP contribution in [0.5, 0.6) is 5.75 Å². The molecule has 7 heteroatoms. The van der Waals surface area contributed by atoms with E-state index in [1.807, 2.05) is 13.8 Å². The van der Waals surface area contributed by atoms with Gasteiger partial charge in [-0.05, 0) is 13.8 Å². The molecule has 0 aromatic carbocycles. The van der Waals surface area contributed by atoms with Crippen molar-refractivity contribution in [3.8, 4) is 11.6 Å². The number of nitrogen functional groups attached to an aromatic ring is 1. The van der Waals surface area contributed by atoms with Crippen LogP contribution in [-0.4, -0.2) is 26.9 Å². The Kier molecular flexibility index (Phi) is 2.89. The molecule has 0 fully saturated rings. The van der Waals surface area contributed by atoms with E-state index < -0.39 is 0 Å². The van der Waals surface area contributed by atoms with Gasteiger partial charge in [0.15, 0.2) is 5.82 Å². The molecule has 0 aliphatic carbocycles. The minimum atomic E-state index is 0.265. The molecule has 0 aliphatic heterocycles. The molecule has 2 aromatic rings. The maximum Gasteiger partial charge on any atom is 0.206 e. The number of aryl methyl sites for hydroxylation is 1. The number of methoxy groups -OCH3 is 1.